The third-order valence-electron chi connectivity index (χ3n) is 2.40. The molecule has 0 aromatic heterocycles. The number of halogens is 1. The maximum atomic E-state index is 12.6. The van der Waals surface area contributed by atoms with Gasteiger partial charge in [0.15, 0.2) is 0 Å². The van der Waals surface area contributed by atoms with E-state index in [9.17, 15) is 9.18 Å². The molecule has 0 fully saturated rings. The molecule has 3 nitrogen and oxygen atoms in total. The normalized spacial score (nSPS) is 10.1. The summed E-state index contributed by atoms with van der Waals surface area (Å²) in [6.45, 7) is 2.93. The summed E-state index contributed by atoms with van der Waals surface area (Å²) < 4.78 is 18.0. The van der Waals surface area contributed by atoms with Gasteiger partial charge in [0.1, 0.15) is 18.2 Å². The van der Waals surface area contributed by atoms with Crippen LogP contribution in [0.3, 0.4) is 0 Å². The van der Waals surface area contributed by atoms with E-state index in [1.165, 1.54) is 12.1 Å². The molecule has 1 amide bonds. The fourth-order valence-corrected chi connectivity index (χ4v) is 1.36. The highest BCUT2D eigenvalue weighted by atomic mass is 19.1. The SMILES string of the molecule is CCCC(=O)N(C)CCOc1ccc(F)cc1. The topological polar surface area (TPSA) is 29.5 Å². The van der Waals surface area contributed by atoms with E-state index in [0.29, 0.717) is 25.3 Å². The van der Waals surface area contributed by atoms with E-state index in [-0.39, 0.29) is 11.7 Å². The van der Waals surface area contributed by atoms with Gasteiger partial charge in [0.25, 0.3) is 0 Å². The minimum Gasteiger partial charge on any atom is -0.492 e. The molecular formula is C13H18FNO2. The first-order chi connectivity index (χ1) is 8.13. The van der Waals surface area contributed by atoms with Crippen LogP contribution < -0.4 is 4.74 Å². The molecule has 0 heterocycles. The van der Waals surface area contributed by atoms with Crippen LogP contribution in [0, 0.1) is 5.82 Å². The smallest absolute Gasteiger partial charge is 0.222 e. The number of carbonyl (C=O) groups excluding carboxylic acids is 1. The van der Waals surface area contributed by atoms with Gasteiger partial charge in [-0.05, 0) is 30.7 Å². The van der Waals surface area contributed by atoms with Crippen molar-refractivity contribution in [2.45, 2.75) is 19.8 Å². The second kappa shape index (κ2) is 6.89. The lowest BCUT2D eigenvalue weighted by atomic mass is 10.3. The van der Waals surface area contributed by atoms with Gasteiger partial charge in [-0.3, -0.25) is 4.79 Å². The van der Waals surface area contributed by atoms with Crippen molar-refractivity contribution >= 4 is 5.91 Å². The third-order valence-corrected chi connectivity index (χ3v) is 2.40. The van der Waals surface area contributed by atoms with Gasteiger partial charge in [0.05, 0.1) is 6.54 Å². The standard InChI is InChI=1S/C13H18FNO2/c1-3-4-13(16)15(2)9-10-17-12-7-5-11(14)6-8-12/h5-8H,3-4,9-10H2,1-2H3. The molecule has 94 valence electrons. The molecule has 4 heteroatoms. The first-order valence-electron chi connectivity index (χ1n) is 5.75. The lowest BCUT2D eigenvalue weighted by Gasteiger charge is -2.17. The molecule has 0 N–H and O–H groups in total. The van der Waals surface area contributed by atoms with Crippen LogP contribution in [0.15, 0.2) is 24.3 Å². The maximum absolute atomic E-state index is 12.6. The highest BCUT2D eigenvalue weighted by Gasteiger charge is 2.06. The van der Waals surface area contributed by atoms with E-state index in [2.05, 4.69) is 0 Å². The second-order valence-corrected chi connectivity index (χ2v) is 3.87. The highest BCUT2D eigenvalue weighted by Crippen LogP contribution is 2.10. The number of carbonyl (C=O) groups is 1. The van der Waals surface area contributed by atoms with Crippen molar-refractivity contribution in [3.63, 3.8) is 0 Å². The lowest BCUT2D eigenvalue weighted by molar-refractivity contribution is -0.130. The Morgan fingerprint density at radius 3 is 2.59 bits per heavy atom. The predicted molar refractivity (Wildman–Crippen MR) is 64.4 cm³/mol. The quantitative estimate of drug-likeness (QED) is 0.763. The van der Waals surface area contributed by atoms with Crippen molar-refractivity contribution in [1.29, 1.82) is 0 Å². The predicted octanol–water partition coefficient (Wildman–Crippen LogP) is 2.46. The van der Waals surface area contributed by atoms with Crippen molar-refractivity contribution in [3.8, 4) is 5.75 Å². The average Bonchev–Trinajstić information content (AvgIpc) is 2.32. The summed E-state index contributed by atoms with van der Waals surface area (Å²) in [6, 6.07) is 5.84. The van der Waals surface area contributed by atoms with E-state index in [0.717, 1.165) is 6.42 Å². The number of hydrogen-bond acceptors (Lipinski definition) is 2. The minimum atomic E-state index is -0.285. The minimum absolute atomic E-state index is 0.121. The van der Waals surface area contributed by atoms with Crippen molar-refractivity contribution in [3.05, 3.63) is 30.1 Å². The summed E-state index contributed by atoms with van der Waals surface area (Å²) in [5.74, 6) is 0.450. The van der Waals surface area contributed by atoms with E-state index in [1.54, 1.807) is 24.1 Å². The second-order valence-electron chi connectivity index (χ2n) is 3.87. The molecule has 0 aliphatic heterocycles. The maximum Gasteiger partial charge on any atom is 0.222 e. The molecule has 0 aliphatic carbocycles. The monoisotopic (exact) mass is 239 g/mol. The van der Waals surface area contributed by atoms with Crippen LogP contribution in [-0.2, 0) is 4.79 Å². The molecule has 0 unspecified atom stereocenters. The highest BCUT2D eigenvalue weighted by molar-refractivity contribution is 5.75. The van der Waals surface area contributed by atoms with Crippen molar-refractivity contribution in [2.75, 3.05) is 20.2 Å². The molecule has 0 aliphatic rings. The Morgan fingerprint density at radius 2 is 2.00 bits per heavy atom. The fraction of sp³-hybridized carbons (Fsp3) is 0.462. The Bertz CT molecular complexity index is 351. The number of hydrogen-bond donors (Lipinski definition) is 0. The fourth-order valence-electron chi connectivity index (χ4n) is 1.36. The average molecular weight is 239 g/mol. The van der Waals surface area contributed by atoms with E-state index >= 15 is 0 Å². The van der Waals surface area contributed by atoms with Crippen LogP contribution in [0.25, 0.3) is 0 Å². The zero-order valence-corrected chi connectivity index (χ0v) is 10.3. The van der Waals surface area contributed by atoms with Gasteiger partial charge in [0, 0.05) is 13.5 Å². The Kier molecular flexibility index (Phi) is 5.46. The van der Waals surface area contributed by atoms with E-state index < -0.39 is 0 Å². The van der Waals surface area contributed by atoms with Crippen molar-refractivity contribution in [2.24, 2.45) is 0 Å². The third kappa shape index (κ3) is 4.85. The molecule has 0 spiro atoms. The largest absolute Gasteiger partial charge is 0.492 e. The Labute approximate surface area is 101 Å². The van der Waals surface area contributed by atoms with Crippen molar-refractivity contribution < 1.29 is 13.9 Å². The van der Waals surface area contributed by atoms with Gasteiger partial charge < -0.3 is 9.64 Å². The summed E-state index contributed by atoms with van der Waals surface area (Å²) in [4.78, 5) is 13.1. The number of nitrogens with zero attached hydrogens (tertiary/aromatic N) is 1. The lowest BCUT2D eigenvalue weighted by Crippen LogP contribution is -2.30. The van der Waals surface area contributed by atoms with Crippen molar-refractivity contribution in [1.82, 2.24) is 4.90 Å². The number of benzene rings is 1. The van der Waals surface area contributed by atoms with Gasteiger partial charge in [-0.25, -0.2) is 4.39 Å². The molecule has 0 atom stereocenters. The van der Waals surface area contributed by atoms with Crippen LogP contribution in [-0.4, -0.2) is 31.0 Å². The Morgan fingerprint density at radius 1 is 1.35 bits per heavy atom. The van der Waals surface area contributed by atoms with Crippen LogP contribution in [0.4, 0.5) is 4.39 Å². The summed E-state index contributed by atoms with van der Waals surface area (Å²) >= 11 is 0. The summed E-state index contributed by atoms with van der Waals surface area (Å²) in [6.07, 6.45) is 1.41. The first kappa shape index (κ1) is 13.5. The van der Waals surface area contributed by atoms with Crippen LogP contribution in [0.1, 0.15) is 19.8 Å². The zero-order valence-electron chi connectivity index (χ0n) is 10.3. The van der Waals surface area contributed by atoms with Crippen LogP contribution >= 0.6 is 0 Å². The Hall–Kier alpha value is -1.58. The van der Waals surface area contributed by atoms with Crippen LogP contribution in [0.5, 0.6) is 5.75 Å². The number of ether oxygens (including phenoxy) is 1. The summed E-state index contributed by atoms with van der Waals surface area (Å²) in [7, 11) is 1.76. The first-order valence-corrected chi connectivity index (χ1v) is 5.75. The number of rotatable bonds is 6. The van der Waals surface area contributed by atoms with Gasteiger partial charge in [-0.1, -0.05) is 6.92 Å². The van der Waals surface area contributed by atoms with E-state index in [4.69, 9.17) is 4.74 Å². The molecule has 1 aromatic carbocycles. The molecule has 0 saturated carbocycles. The van der Waals surface area contributed by atoms with Gasteiger partial charge >= 0.3 is 0 Å². The molecule has 17 heavy (non-hydrogen) atoms. The van der Waals surface area contributed by atoms with Gasteiger partial charge in [-0.2, -0.15) is 0 Å². The van der Waals surface area contributed by atoms with Gasteiger partial charge in [-0.15, -0.1) is 0 Å². The molecule has 1 rings (SSSR count). The molecular weight excluding hydrogens is 221 g/mol. The van der Waals surface area contributed by atoms with Crippen LogP contribution in [0.2, 0.25) is 0 Å². The summed E-state index contributed by atoms with van der Waals surface area (Å²) in [5, 5.41) is 0. The summed E-state index contributed by atoms with van der Waals surface area (Å²) in [5.41, 5.74) is 0. The van der Waals surface area contributed by atoms with Gasteiger partial charge in [0.2, 0.25) is 5.91 Å². The number of likely N-dealkylation sites (N-methyl/N-ethyl adjacent to an activating group) is 1. The molecule has 1 aromatic rings. The zero-order chi connectivity index (χ0) is 12.7. The van der Waals surface area contributed by atoms with E-state index in [1.807, 2.05) is 6.92 Å². The molecule has 0 bridgehead atoms. The number of amides is 1. The molecule has 0 radical (unpaired) electrons. The molecule has 0 saturated heterocycles. The Balaban J connectivity index is 2.27.